The second-order valence-electron chi connectivity index (χ2n) is 7.02. The minimum Gasteiger partial charge on any atom is -0.508 e. The molecule has 6 heteroatoms. The number of nitrogens with zero attached hydrogens (tertiary/aromatic N) is 1. The first-order valence-corrected chi connectivity index (χ1v) is 8.77. The minimum atomic E-state index is -0.362. The lowest BCUT2D eigenvalue weighted by Crippen LogP contribution is -2.64. The van der Waals surface area contributed by atoms with Crippen LogP contribution >= 0.6 is 0 Å². The SMILES string of the molecule is CCO[C@@H]1C[C@@H](NC(=O)Cn2c(C)cc(O)cc2=O)C12CCCC2. The van der Waals surface area contributed by atoms with E-state index in [1.165, 1.54) is 23.5 Å². The molecule has 132 valence electrons. The van der Waals surface area contributed by atoms with Gasteiger partial charge in [0.15, 0.2) is 0 Å². The van der Waals surface area contributed by atoms with Crippen molar-refractivity contribution in [3.8, 4) is 5.75 Å². The molecule has 2 saturated carbocycles. The number of carbonyl (C=O) groups is 1. The van der Waals surface area contributed by atoms with Gasteiger partial charge in [0.05, 0.1) is 6.10 Å². The first-order valence-electron chi connectivity index (χ1n) is 8.77. The number of hydrogen-bond donors (Lipinski definition) is 2. The van der Waals surface area contributed by atoms with E-state index < -0.39 is 0 Å². The van der Waals surface area contributed by atoms with E-state index in [9.17, 15) is 14.7 Å². The van der Waals surface area contributed by atoms with E-state index in [1.807, 2.05) is 6.92 Å². The smallest absolute Gasteiger partial charge is 0.254 e. The van der Waals surface area contributed by atoms with Crippen LogP contribution in [-0.2, 0) is 16.1 Å². The summed E-state index contributed by atoms with van der Waals surface area (Å²) in [6.45, 7) is 4.40. The predicted molar refractivity (Wildman–Crippen MR) is 90.0 cm³/mol. The van der Waals surface area contributed by atoms with E-state index in [4.69, 9.17) is 4.74 Å². The Morgan fingerprint density at radius 3 is 2.75 bits per heavy atom. The normalized spacial score (nSPS) is 24.8. The van der Waals surface area contributed by atoms with E-state index in [2.05, 4.69) is 5.32 Å². The van der Waals surface area contributed by atoms with Crippen molar-refractivity contribution in [2.24, 2.45) is 5.41 Å². The van der Waals surface area contributed by atoms with Gasteiger partial charge in [-0.05, 0) is 39.2 Å². The van der Waals surface area contributed by atoms with Crippen LogP contribution in [0, 0.1) is 12.3 Å². The Morgan fingerprint density at radius 1 is 1.42 bits per heavy atom. The van der Waals surface area contributed by atoms with Crippen LogP contribution in [0.2, 0.25) is 0 Å². The second kappa shape index (κ2) is 6.59. The molecule has 24 heavy (non-hydrogen) atoms. The Balaban J connectivity index is 1.67. The van der Waals surface area contributed by atoms with Gasteiger partial charge < -0.3 is 19.7 Å². The Labute approximate surface area is 141 Å². The van der Waals surface area contributed by atoms with E-state index in [0.29, 0.717) is 12.3 Å². The third kappa shape index (κ3) is 2.95. The lowest BCUT2D eigenvalue weighted by atomic mass is 9.60. The fraction of sp³-hybridized carbons (Fsp3) is 0.667. The maximum atomic E-state index is 12.4. The fourth-order valence-electron chi connectivity index (χ4n) is 4.39. The Kier molecular flexibility index (Phi) is 4.67. The lowest BCUT2D eigenvalue weighted by Gasteiger charge is -2.54. The molecule has 2 N–H and O–H groups in total. The molecule has 0 bridgehead atoms. The number of aromatic nitrogens is 1. The maximum Gasteiger partial charge on any atom is 0.254 e. The number of hydrogen-bond acceptors (Lipinski definition) is 4. The Hall–Kier alpha value is -1.82. The first-order chi connectivity index (χ1) is 11.5. The Bertz CT molecular complexity index is 676. The molecule has 2 aliphatic rings. The van der Waals surface area contributed by atoms with Gasteiger partial charge >= 0.3 is 0 Å². The topological polar surface area (TPSA) is 80.6 Å². The fourth-order valence-corrected chi connectivity index (χ4v) is 4.39. The molecule has 1 aromatic heterocycles. The molecule has 0 aromatic carbocycles. The van der Waals surface area contributed by atoms with Gasteiger partial charge in [-0.2, -0.15) is 0 Å². The number of carbonyl (C=O) groups excluding carboxylic acids is 1. The zero-order chi connectivity index (χ0) is 17.3. The van der Waals surface area contributed by atoms with Gasteiger partial charge in [-0.1, -0.05) is 12.8 Å². The van der Waals surface area contributed by atoms with Crippen LogP contribution < -0.4 is 10.9 Å². The lowest BCUT2D eigenvalue weighted by molar-refractivity contribution is -0.144. The van der Waals surface area contributed by atoms with Crippen molar-refractivity contribution in [3.05, 3.63) is 28.2 Å². The van der Waals surface area contributed by atoms with Gasteiger partial charge in [0, 0.05) is 29.8 Å². The summed E-state index contributed by atoms with van der Waals surface area (Å²) in [4.78, 5) is 24.4. The summed E-state index contributed by atoms with van der Waals surface area (Å²) in [7, 11) is 0. The van der Waals surface area contributed by atoms with Crippen molar-refractivity contribution < 1.29 is 14.6 Å². The largest absolute Gasteiger partial charge is 0.508 e. The van der Waals surface area contributed by atoms with Crippen LogP contribution in [0.1, 0.15) is 44.7 Å². The molecule has 0 aliphatic heterocycles. The zero-order valence-corrected chi connectivity index (χ0v) is 14.4. The summed E-state index contributed by atoms with van der Waals surface area (Å²) < 4.78 is 7.25. The number of nitrogens with one attached hydrogen (secondary N) is 1. The standard InChI is InChI=1S/C18H26N2O4/c1-3-24-15-10-14(18(15)6-4-5-7-18)19-16(22)11-20-12(2)8-13(21)9-17(20)23/h8-9,14-15,21H,3-7,10-11H2,1-2H3,(H,19,22)/t14-,15-/m1/s1. The summed E-state index contributed by atoms with van der Waals surface area (Å²) in [5.41, 5.74) is 0.297. The second-order valence-corrected chi connectivity index (χ2v) is 7.02. The summed E-state index contributed by atoms with van der Waals surface area (Å²) in [5.74, 6) is -0.227. The zero-order valence-electron chi connectivity index (χ0n) is 14.4. The van der Waals surface area contributed by atoms with Gasteiger partial charge in [-0.3, -0.25) is 9.59 Å². The van der Waals surface area contributed by atoms with Crippen LogP contribution in [0.15, 0.2) is 16.9 Å². The summed E-state index contributed by atoms with van der Waals surface area (Å²) in [6.07, 6.45) is 5.66. The molecule has 1 heterocycles. The number of amides is 1. The van der Waals surface area contributed by atoms with Crippen molar-refractivity contribution >= 4 is 5.91 Å². The monoisotopic (exact) mass is 334 g/mol. The van der Waals surface area contributed by atoms with Crippen molar-refractivity contribution in [2.45, 2.75) is 64.6 Å². The first kappa shape index (κ1) is 17.0. The number of pyridine rings is 1. The van der Waals surface area contributed by atoms with E-state index >= 15 is 0 Å². The highest BCUT2D eigenvalue weighted by Crippen LogP contribution is 2.54. The molecule has 0 unspecified atom stereocenters. The molecular weight excluding hydrogens is 308 g/mol. The van der Waals surface area contributed by atoms with Gasteiger partial charge in [0.25, 0.3) is 5.56 Å². The molecule has 1 spiro atoms. The van der Waals surface area contributed by atoms with Gasteiger partial charge in [0.1, 0.15) is 12.3 Å². The number of ether oxygens (including phenoxy) is 1. The number of aryl methyl sites for hydroxylation is 1. The molecule has 6 nitrogen and oxygen atoms in total. The highest BCUT2D eigenvalue weighted by Gasteiger charge is 2.57. The van der Waals surface area contributed by atoms with Crippen molar-refractivity contribution in [3.63, 3.8) is 0 Å². The van der Waals surface area contributed by atoms with E-state index in [-0.39, 0.29) is 41.3 Å². The highest BCUT2D eigenvalue weighted by atomic mass is 16.5. The summed E-state index contributed by atoms with van der Waals surface area (Å²) >= 11 is 0. The van der Waals surface area contributed by atoms with Crippen molar-refractivity contribution in [1.82, 2.24) is 9.88 Å². The number of aromatic hydroxyl groups is 1. The minimum absolute atomic E-state index is 0.0170. The quantitative estimate of drug-likeness (QED) is 0.859. The van der Waals surface area contributed by atoms with Gasteiger partial charge in [0.2, 0.25) is 5.91 Å². The molecule has 2 atom stereocenters. The van der Waals surface area contributed by atoms with Gasteiger partial charge in [-0.25, -0.2) is 0 Å². The molecule has 3 rings (SSSR count). The van der Waals surface area contributed by atoms with Crippen molar-refractivity contribution in [1.29, 1.82) is 0 Å². The molecular formula is C18H26N2O4. The van der Waals surface area contributed by atoms with Crippen molar-refractivity contribution in [2.75, 3.05) is 6.61 Å². The van der Waals surface area contributed by atoms with E-state index in [1.54, 1.807) is 6.92 Å². The summed E-state index contributed by atoms with van der Waals surface area (Å²) in [6, 6.07) is 2.76. The highest BCUT2D eigenvalue weighted by molar-refractivity contribution is 5.76. The molecule has 2 aliphatic carbocycles. The molecule has 0 saturated heterocycles. The van der Waals surface area contributed by atoms with Gasteiger partial charge in [-0.15, -0.1) is 0 Å². The van der Waals surface area contributed by atoms with Crippen LogP contribution in [-0.4, -0.2) is 34.3 Å². The molecule has 0 radical (unpaired) electrons. The summed E-state index contributed by atoms with van der Waals surface area (Å²) in [5, 5.41) is 12.6. The van der Waals surface area contributed by atoms with E-state index in [0.717, 1.165) is 25.3 Å². The third-order valence-corrected chi connectivity index (χ3v) is 5.64. The average molecular weight is 334 g/mol. The Morgan fingerprint density at radius 2 is 2.12 bits per heavy atom. The third-order valence-electron chi connectivity index (χ3n) is 5.64. The molecule has 1 amide bonds. The average Bonchev–Trinajstić information content (AvgIpc) is 3.02. The predicted octanol–water partition coefficient (Wildman–Crippen LogP) is 1.72. The van der Waals surface area contributed by atoms with Crippen LogP contribution in [0.5, 0.6) is 5.75 Å². The maximum absolute atomic E-state index is 12.4. The van der Waals surface area contributed by atoms with Crippen LogP contribution in [0.3, 0.4) is 0 Å². The molecule has 2 fully saturated rings. The number of rotatable bonds is 5. The molecule has 1 aromatic rings. The van der Waals surface area contributed by atoms with Crippen LogP contribution in [0.4, 0.5) is 0 Å². The van der Waals surface area contributed by atoms with Crippen LogP contribution in [0.25, 0.3) is 0 Å².